The number of thioether (sulfide) groups is 1. The summed E-state index contributed by atoms with van der Waals surface area (Å²) in [5.41, 5.74) is 1.87. The van der Waals surface area contributed by atoms with E-state index >= 15 is 0 Å². The first kappa shape index (κ1) is 19.7. The molecule has 2 aromatic carbocycles. The summed E-state index contributed by atoms with van der Waals surface area (Å²) in [6.45, 7) is 1.97. The van der Waals surface area contributed by atoms with Gasteiger partial charge in [0.05, 0.1) is 11.4 Å². The molecule has 146 valence electrons. The van der Waals surface area contributed by atoms with E-state index in [1.807, 2.05) is 31.2 Å². The van der Waals surface area contributed by atoms with E-state index in [1.54, 1.807) is 4.57 Å². The summed E-state index contributed by atoms with van der Waals surface area (Å²) >= 11 is 1.11. The van der Waals surface area contributed by atoms with Gasteiger partial charge in [-0.15, -0.1) is 23.4 Å². The Kier molecular flexibility index (Phi) is 5.88. The van der Waals surface area contributed by atoms with Crippen molar-refractivity contribution in [1.82, 2.24) is 14.8 Å². The fourth-order valence-corrected chi connectivity index (χ4v) is 3.03. The molecule has 0 atom stereocenters. The third-order valence-corrected chi connectivity index (χ3v) is 4.49. The molecule has 1 N–H and O–H groups in total. The third kappa shape index (κ3) is 5.26. The number of nitrogens with zero attached hydrogens (tertiary/aromatic N) is 3. The number of alkyl halides is 3. The molecule has 3 aromatic rings. The van der Waals surface area contributed by atoms with Gasteiger partial charge >= 0.3 is 6.36 Å². The molecule has 28 heavy (non-hydrogen) atoms. The summed E-state index contributed by atoms with van der Waals surface area (Å²) in [7, 11) is 0. The van der Waals surface area contributed by atoms with Gasteiger partial charge in [-0.3, -0.25) is 9.36 Å². The average Bonchev–Trinajstić information content (AvgIpc) is 3.10. The number of aromatic nitrogens is 3. The maximum absolute atomic E-state index is 12.5. The molecule has 1 heterocycles. The van der Waals surface area contributed by atoms with Crippen LogP contribution >= 0.6 is 11.8 Å². The van der Waals surface area contributed by atoms with Crippen LogP contribution < -0.4 is 10.1 Å². The summed E-state index contributed by atoms with van der Waals surface area (Å²) < 4.78 is 43.0. The molecule has 0 radical (unpaired) electrons. The van der Waals surface area contributed by atoms with Gasteiger partial charge in [0.1, 0.15) is 6.33 Å². The fourth-order valence-electron chi connectivity index (χ4n) is 2.31. The highest BCUT2D eigenvalue weighted by Crippen LogP contribution is 2.30. The first-order chi connectivity index (χ1) is 13.3. The van der Waals surface area contributed by atoms with Crippen molar-refractivity contribution in [2.24, 2.45) is 0 Å². The molecule has 0 bridgehead atoms. The van der Waals surface area contributed by atoms with Crippen LogP contribution in [0.15, 0.2) is 60.0 Å². The van der Waals surface area contributed by atoms with Crippen molar-refractivity contribution in [3.8, 4) is 11.4 Å². The van der Waals surface area contributed by atoms with Crippen LogP contribution in [0.3, 0.4) is 0 Å². The molecule has 3 rings (SSSR count). The maximum Gasteiger partial charge on any atom is 0.573 e. The Morgan fingerprint density at radius 2 is 1.89 bits per heavy atom. The number of ether oxygens (including phenoxy) is 1. The minimum absolute atomic E-state index is 0.0644. The van der Waals surface area contributed by atoms with Crippen LogP contribution in [0.2, 0.25) is 0 Å². The van der Waals surface area contributed by atoms with Gasteiger partial charge in [-0.2, -0.15) is 0 Å². The van der Waals surface area contributed by atoms with E-state index in [9.17, 15) is 18.0 Å². The van der Waals surface area contributed by atoms with Crippen LogP contribution in [0.5, 0.6) is 5.75 Å². The lowest BCUT2D eigenvalue weighted by atomic mass is 10.2. The highest BCUT2D eigenvalue weighted by Gasteiger charge is 2.32. The van der Waals surface area contributed by atoms with Crippen LogP contribution in [0, 0.1) is 6.92 Å². The number of nitrogens with one attached hydrogen (secondary N) is 1. The lowest BCUT2D eigenvalue weighted by Crippen LogP contribution is -2.20. The number of para-hydroxylation sites is 2. The number of carbonyl (C=O) groups is 1. The third-order valence-electron chi connectivity index (χ3n) is 3.55. The highest BCUT2D eigenvalue weighted by atomic mass is 32.2. The monoisotopic (exact) mass is 408 g/mol. The smallest absolute Gasteiger partial charge is 0.404 e. The summed E-state index contributed by atoms with van der Waals surface area (Å²) in [6, 6.07) is 13.0. The normalized spacial score (nSPS) is 11.3. The molecule has 1 aromatic heterocycles. The quantitative estimate of drug-likeness (QED) is 0.619. The number of amides is 1. The topological polar surface area (TPSA) is 69.0 Å². The fraction of sp³-hybridized carbons (Fsp3) is 0.167. The Morgan fingerprint density at radius 1 is 1.18 bits per heavy atom. The molecule has 0 aliphatic heterocycles. The zero-order valence-corrected chi connectivity index (χ0v) is 15.4. The Balaban J connectivity index is 1.65. The second-order valence-corrected chi connectivity index (χ2v) is 6.64. The Morgan fingerprint density at radius 3 is 2.61 bits per heavy atom. The number of rotatable bonds is 6. The van der Waals surface area contributed by atoms with Crippen molar-refractivity contribution in [2.75, 3.05) is 11.1 Å². The summed E-state index contributed by atoms with van der Waals surface area (Å²) in [6.07, 6.45) is -3.32. The van der Waals surface area contributed by atoms with Gasteiger partial charge in [0.15, 0.2) is 10.9 Å². The van der Waals surface area contributed by atoms with Gasteiger partial charge in [0, 0.05) is 5.69 Å². The molecule has 0 aliphatic carbocycles. The van der Waals surface area contributed by atoms with Gasteiger partial charge in [-0.25, -0.2) is 0 Å². The van der Waals surface area contributed by atoms with Crippen LogP contribution in [0.1, 0.15) is 5.56 Å². The predicted molar refractivity (Wildman–Crippen MR) is 98.6 cm³/mol. The number of hydrogen-bond donors (Lipinski definition) is 1. The van der Waals surface area contributed by atoms with Gasteiger partial charge in [0.25, 0.3) is 0 Å². The largest absolute Gasteiger partial charge is 0.573 e. The average molecular weight is 408 g/mol. The molecular weight excluding hydrogens is 393 g/mol. The van der Waals surface area contributed by atoms with Crippen molar-refractivity contribution in [1.29, 1.82) is 0 Å². The van der Waals surface area contributed by atoms with E-state index in [4.69, 9.17) is 0 Å². The molecule has 6 nitrogen and oxygen atoms in total. The van der Waals surface area contributed by atoms with E-state index < -0.39 is 18.0 Å². The van der Waals surface area contributed by atoms with Crippen LogP contribution in [-0.4, -0.2) is 32.8 Å². The molecule has 0 spiro atoms. The van der Waals surface area contributed by atoms with Gasteiger partial charge in [-0.1, -0.05) is 41.6 Å². The molecule has 0 saturated carbocycles. The number of hydrogen-bond acceptors (Lipinski definition) is 5. The van der Waals surface area contributed by atoms with Crippen LogP contribution in [-0.2, 0) is 4.79 Å². The molecule has 0 aliphatic rings. The summed E-state index contributed by atoms with van der Waals surface area (Å²) in [5, 5.41) is 10.7. The zero-order valence-electron chi connectivity index (χ0n) is 14.6. The number of benzene rings is 2. The standard InChI is InChI=1S/C18H15F3N4O2S/c1-12-6-8-13(9-7-12)25-11-22-24-17(25)28-10-16(26)23-14-4-2-3-5-15(14)27-18(19,20)21/h2-9,11H,10H2,1H3,(H,23,26). The van der Waals surface area contributed by atoms with Crippen molar-refractivity contribution >= 4 is 23.4 Å². The van der Waals surface area contributed by atoms with Crippen molar-refractivity contribution in [3.63, 3.8) is 0 Å². The molecule has 0 unspecified atom stereocenters. The molecule has 10 heteroatoms. The van der Waals surface area contributed by atoms with Gasteiger partial charge in [0.2, 0.25) is 5.91 Å². The van der Waals surface area contributed by atoms with Gasteiger partial charge in [-0.05, 0) is 31.2 Å². The minimum Gasteiger partial charge on any atom is -0.404 e. The number of carbonyl (C=O) groups excluding carboxylic acids is 1. The van der Waals surface area contributed by atoms with E-state index in [0.29, 0.717) is 5.16 Å². The van der Waals surface area contributed by atoms with Crippen molar-refractivity contribution in [2.45, 2.75) is 18.4 Å². The highest BCUT2D eigenvalue weighted by molar-refractivity contribution is 7.99. The van der Waals surface area contributed by atoms with Crippen molar-refractivity contribution in [3.05, 3.63) is 60.4 Å². The van der Waals surface area contributed by atoms with Crippen LogP contribution in [0.4, 0.5) is 18.9 Å². The Labute approximate surface area is 162 Å². The number of aryl methyl sites for hydroxylation is 1. The Hall–Kier alpha value is -3.01. The van der Waals surface area contributed by atoms with E-state index in [2.05, 4.69) is 20.3 Å². The van der Waals surface area contributed by atoms with Crippen LogP contribution in [0.25, 0.3) is 5.69 Å². The molecule has 0 saturated heterocycles. The predicted octanol–water partition coefficient (Wildman–Crippen LogP) is 4.21. The number of anilines is 1. The molecule has 1 amide bonds. The minimum atomic E-state index is -4.85. The van der Waals surface area contributed by atoms with Gasteiger partial charge < -0.3 is 10.1 Å². The SMILES string of the molecule is Cc1ccc(-n2cnnc2SCC(=O)Nc2ccccc2OC(F)(F)F)cc1. The molecule has 0 fully saturated rings. The van der Waals surface area contributed by atoms with Crippen molar-refractivity contribution < 1.29 is 22.7 Å². The van der Waals surface area contributed by atoms with E-state index in [0.717, 1.165) is 29.1 Å². The maximum atomic E-state index is 12.5. The lowest BCUT2D eigenvalue weighted by Gasteiger charge is -2.13. The first-order valence-corrected chi connectivity index (χ1v) is 9.05. The number of halogens is 3. The summed E-state index contributed by atoms with van der Waals surface area (Å²) in [5.74, 6) is -1.04. The van der Waals surface area contributed by atoms with E-state index in [-0.39, 0.29) is 11.4 Å². The molecular formula is C18H15F3N4O2S. The lowest BCUT2D eigenvalue weighted by molar-refractivity contribution is -0.274. The van der Waals surface area contributed by atoms with E-state index in [1.165, 1.54) is 24.5 Å². The Bertz CT molecular complexity index is 958. The zero-order chi connectivity index (χ0) is 20.1. The second kappa shape index (κ2) is 8.34. The second-order valence-electron chi connectivity index (χ2n) is 5.70. The first-order valence-electron chi connectivity index (χ1n) is 8.06. The summed E-state index contributed by atoms with van der Waals surface area (Å²) in [4.78, 5) is 12.2.